The zero-order valence-electron chi connectivity index (χ0n) is 22.3. The zero-order valence-corrected chi connectivity index (χ0v) is 23.0. The quantitative estimate of drug-likeness (QED) is 0.445. The van der Waals surface area contributed by atoms with Gasteiger partial charge in [0.05, 0.1) is 19.6 Å². The predicted molar refractivity (Wildman–Crippen MR) is 151 cm³/mol. The Bertz CT molecular complexity index is 1360. The summed E-state index contributed by atoms with van der Waals surface area (Å²) in [5.74, 6) is -0.330. The molecule has 2 amide bonds. The molecule has 204 valence electrons. The molecule has 0 radical (unpaired) electrons. The van der Waals surface area contributed by atoms with Gasteiger partial charge in [0.1, 0.15) is 0 Å². The van der Waals surface area contributed by atoms with E-state index in [1.807, 2.05) is 31.3 Å². The van der Waals surface area contributed by atoms with Crippen LogP contribution in [0.5, 0.6) is 5.75 Å². The molecule has 3 aromatic carbocycles. The van der Waals surface area contributed by atoms with E-state index in [4.69, 9.17) is 16.3 Å². The number of anilines is 1. The Labute approximate surface area is 233 Å². The van der Waals surface area contributed by atoms with Gasteiger partial charge in [-0.1, -0.05) is 48.0 Å². The van der Waals surface area contributed by atoms with Crippen molar-refractivity contribution in [1.82, 2.24) is 9.80 Å². The van der Waals surface area contributed by atoms with Crippen LogP contribution in [0.4, 0.5) is 10.1 Å². The lowest BCUT2D eigenvalue weighted by Gasteiger charge is -2.33. The topological polar surface area (TPSA) is 61.9 Å². The van der Waals surface area contributed by atoms with Gasteiger partial charge in [0.25, 0.3) is 0 Å². The van der Waals surface area contributed by atoms with Crippen LogP contribution in [0.2, 0.25) is 5.02 Å². The molecule has 3 aromatic rings. The first kappa shape index (κ1) is 27.2. The van der Waals surface area contributed by atoms with Crippen molar-refractivity contribution in [3.8, 4) is 5.75 Å². The highest BCUT2D eigenvalue weighted by atomic mass is 35.5. The molecule has 0 saturated carbocycles. The lowest BCUT2D eigenvalue weighted by Crippen LogP contribution is -2.45. The number of likely N-dealkylation sites (N-methyl/N-ethyl adjacent to an activating group) is 1. The molecule has 0 bridgehead atoms. The van der Waals surface area contributed by atoms with E-state index in [1.165, 1.54) is 29.9 Å². The molecule has 2 heterocycles. The molecule has 1 N–H and O–H groups in total. The number of carbonyl (C=O) groups excluding carboxylic acids is 2. The molecule has 0 aliphatic carbocycles. The molecule has 1 unspecified atom stereocenters. The summed E-state index contributed by atoms with van der Waals surface area (Å²) < 4.78 is 19.7. The number of nitrogens with one attached hydrogen (secondary N) is 1. The number of hydrogen-bond acceptors (Lipinski definition) is 4. The minimum Gasteiger partial charge on any atom is -0.494 e. The summed E-state index contributed by atoms with van der Waals surface area (Å²) in [6, 6.07) is 19.1. The Morgan fingerprint density at radius 1 is 1.03 bits per heavy atom. The number of fused-ring (bicyclic) bond motifs is 1. The molecule has 0 spiro atoms. The van der Waals surface area contributed by atoms with E-state index in [9.17, 15) is 14.0 Å². The van der Waals surface area contributed by atoms with Gasteiger partial charge in [0.2, 0.25) is 11.8 Å². The van der Waals surface area contributed by atoms with E-state index in [0.717, 1.165) is 25.1 Å². The van der Waals surface area contributed by atoms with Gasteiger partial charge in [-0.15, -0.1) is 0 Å². The third kappa shape index (κ3) is 5.94. The highest BCUT2D eigenvalue weighted by Crippen LogP contribution is 2.31. The predicted octanol–water partition coefficient (Wildman–Crippen LogP) is 5.43. The van der Waals surface area contributed by atoms with Gasteiger partial charge in [0, 0.05) is 35.9 Å². The molecule has 2 aliphatic heterocycles. The van der Waals surface area contributed by atoms with Crippen molar-refractivity contribution < 1.29 is 18.7 Å². The zero-order chi connectivity index (χ0) is 27.5. The van der Waals surface area contributed by atoms with E-state index >= 15 is 0 Å². The number of carbonyl (C=O) groups is 2. The van der Waals surface area contributed by atoms with Crippen LogP contribution in [0.15, 0.2) is 60.7 Å². The van der Waals surface area contributed by atoms with E-state index in [-0.39, 0.29) is 40.6 Å². The van der Waals surface area contributed by atoms with Gasteiger partial charge >= 0.3 is 0 Å². The van der Waals surface area contributed by atoms with Crippen molar-refractivity contribution in [3.63, 3.8) is 0 Å². The number of likely N-dealkylation sites (tertiary alicyclic amines) is 1. The number of amides is 2. The Morgan fingerprint density at radius 2 is 1.72 bits per heavy atom. The number of methoxy groups -OCH3 is 1. The van der Waals surface area contributed by atoms with Crippen LogP contribution in [0, 0.1) is 5.82 Å². The molecule has 39 heavy (non-hydrogen) atoms. The minimum absolute atomic E-state index is 0.000787. The molecule has 5 rings (SSSR count). The van der Waals surface area contributed by atoms with Gasteiger partial charge in [0.15, 0.2) is 11.6 Å². The molecule has 1 atom stereocenters. The number of halogens is 2. The molecular formula is C31H33ClFN3O3. The molecule has 6 nitrogen and oxygen atoms in total. The monoisotopic (exact) mass is 549 g/mol. The molecule has 1 fully saturated rings. The van der Waals surface area contributed by atoms with Gasteiger partial charge in [-0.05, 0) is 73.2 Å². The van der Waals surface area contributed by atoms with Crippen molar-refractivity contribution in [2.75, 3.05) is 32.6 Å². The Kier molecular flexibility index (Phi) is 8.19. The fourth-order valence-electron chi connectivity index (χ4n) is 5.63. The van der Waals surface area contributed by atoms with E-state index in [0.29, 0.717) is 25.4 Å². The first-order valence-electron chi connectivity index (χ1n) is 13.3. The normalized spacial score (nSPS) is 17.9. The van der Waals surface area contributed by atoms with Crippen LogP contribution in [0.25, 0.3) is 0 Å². The number of hydrogen-bond donors (Lipinski definition) is 1. The van der Waals surface area contributed by atoms with Gasteiger partial charge < -0.3 is 15.0 Å². The molecule has 2 aliphatic rings. The third-order valence-corrected chi connectivity index (χ3v) is 8.34. The second-order valence-electron chi connectivity index (χ2n) is 10.4. The number of rotatable bonds is 6. The highest BCUT2D eigenvalue weighted by Gasteiger charge is 2.29. The third-order valence-electron chi connectivity index (χ3n) is 7.98. The lowest BCUT2D eigenvalue weighted by molar-refractivity contribution is -0.131. The SMILES string of the molecule is COc1ccc(Cl)c(CC(=O)N2CCC(c3ccc(NC(=O)C4Cc5ccccc5CN4C)cc3)CC2)c1F. The van der Waals surface area contributed by atoms with Gasteiger partial charge in [-0.3, -0.25) is 14.5 Å². The van der Waals surface area contributed by atoms with E-state index in [2.05, 4.69) is 34.5 Å². The molecule has 0 aromatic heterocycles. The fraction of sp³-hybridized carbons (Fsp3) is 0.355. The maximum Gasteiger partial charge on any atom is 0.242 e. The minimum atomic E-state index is -0.583. The molecule has 1 saturated heterocycles. The average molecular weight is 550 g/mol. The first-order valence-corrected chi connectivity index (χ1v) is 13.7. The summed E-state index contributed by atoms with van der Waals surface area (Å²) in [7, 11) is 3.37. The highest BCUT2D eigenvalue weighted by molar-refractivity contribution is 6.31. The summed E-state index contributed by atoms with van der Waals surface area (Å²) in [5, 5.41) is 3.31. The summed E-state index contributed by atoms with van der Waals surface area (Å²) in [4.78, 5) is 29.8. The van der Waals surface area contributed by atoms with E-state index < -0.39 is 5.82 Å². The van der Waals surface area contributed by atoms with Crippen molar-refractivity contribution in [3.05, 3.63) is 93.8 Å². The fourth-order valence-corrected chi connectivity index (χ4v) is 5.84. The van der Waals surface area contributed by atoms with Crippen LogP contribution in [-0.2, 0) is 29.0 Å². The van der Waals surface area contributed by atoms with Crippen LogP contribution >= 0.6 is 11.6 Å². The smallest absolute Gasteiger partial charge is 0.242 e. The van der Waals surface area contributed by atoms with Crippen molar-refractivity contribution >= 4 is 29.1 Å². The van der Waals surface area contributed by atoms with Crippen molar-refractivity contribution in [2.45, 2.75) is 44.2 Å². The standard InChI is InChI=1S/C31H33ClFN3O3/c1-35-19-23-6-4-3-5-22(23)17-27(35)31(38)34-24-9-7-20(8-10-24)21-13-15-36(16-14-21)29(37)18-25-26(32)11-12-28(39-2)30(25)33/h3-12,21,27H,13-19H2,1-2H3,(H,34,38). The van der Waals surface area contributed by atoms with Crippen LogP contribution in [0.1, 0.15) is 41.0 Å². The second-order valence-corrected chi connectivity index (χ2v) is 10.8. The summed E-state index contributed by atoms with van der Waals surface area (Å²) in [5.41, 5.74) is 4.64. The van der Waals surface area contributed by atoms with Crippen molar-refractivity contribution in [1.29, 1.82) is 0 Å². The maximum absolute atomic E-state index is 14.6. The number of piperidine rings is 1. The van der Waals surface area contributed by atoms with Gasteiger partial charge in [-0.25, -0.2) is 4.39 Å². The Hall–Kier alpha value is -3.42. The van der Waals surface area contributed by atoms with Crippen LogP contribution < -0.4 is 10.1 Å². The molecular weight excluding hydrogens is 517 g/mol. The Balaban J connectivity index is 1.14. The van der Waals surface area contributed by atoms with Crippen molar-refractivity contribution in [2.24, 2.45) is 0 Å². The van der Waals surface area contributed by atoms with Crippen LogP contribution in [-0.4, -0.2) is 54.9 Å². The second kappa shape index (κ2) is 11.8. The largest absolute Gasteiger partial charge is 0.494 e. The van der Waals surface area contributed by atoms with Gasteiger partial charge in [-0.2, -0.15) is 0 Å². The number of ether oxygens (including phenoxy) is 1. The lowest BCUT2D eigenvalue weighted by atomic mass is 9.89. The Morgan fingerprint density at radius 3 is 2.41 bits per heavy atom. The first-order chi connectivity index (χ1) is 18.8. The summed E-state index contributed by atoms with van der Waals surface area (Å²) >= 11 is 6.17. The number of benzene rings is 3. The van der Waals surface area contributed by atoms with Crippen LogP contribution in [0.3, 0.4) is 0 Å². The maximum atomic E-state index is 14.6. The van der Waals surface area contributed by atoms with E-state index in [1.54, 1.807) is 11.0 Å². The summed E-state index contributed by atoms with van der Waals surface area (Å²) in [6.45, 7) is 1.96. The number of nitrogens with zero attached hydrogens (tertiary/aromatic N) is 2. The molecule has 8 heteroatoms. The summed E-state index contributed by atoms with van der Waals surface area (Å²) in [6.07, 6.45) is 2.24. The average Bonchev–Trinajstić information content (AvgIpc) is 2.95.